The van der Waals surface area contributed by atoms with Gasteiger partial charge in [-0.15, -0.1) is 0 Å². The molecule has 0 aliphatic carbocycles. The zero-order chi connectivity index (χ0) is 11.4. The van der Waals surface area contributed by atoms with Crippen LogP contribution >= 0.6 is 0 Å². The monoisotopic (exact) mass is 224 g/mol. The van der Waals surface area contributed by atoms with E-state index in [1.807, 2.05) is 0 Å². The Balaban J connectivity index is 1.82. The number of piperidine rings is 1. The summed E-state index contributed by atoms with van der Waals surface area (Å²) >= 11 is 0. The lowest BCUT2D eigenvalue weighted by atomic mass is 9.80. The van der Waals surface area contributed by atoms with Crippen LogP contribution in [0.4, 0.5) is 0 Å². The molecule has 16 heavy (non-hydrogen) atoms. The molecule has 0 radical (unpaired) electrons. The van der Waals surface area contributed by atoms with Gasteiger partial charge in [0.05, 0.1) is 0 Å². The minimum atomic E-state index is 0.638. The van der Waals surface area contributed by atoms with Crippen molar-refractivity contribution in [2.45, 2.75) is 58.4 Å². The van der Waals surface area contributed by atoms with E-state index in [1.54, 1.807) is 0 Å². The molecule has 2 heterocycles. The SMILES string of the molecule is CCCCC(C)N1CCC2(CCCNC2)C1. The van der Waals surface area contributed by atoms with Crippen LogP contribution in [0.5, 0.6) is 0 Å². The molecule has 1 N–H and O–H groups in total. The summed E-state index contributed by atoms with van der Waals surface area (Å²) in [5.74, 6) is 0. The average Bonchev–Trinajstić information content (AvgIpc) is 2.71. The van der Waals surface area contributed by atoms with Crippen LogP contribution in [0.25, 0.3) is 0 Å². The van der Waals surface area contributed by atoms with Crippen molar-refractivity contribution < 1.29 is 0 Å². The Hall–Kier alpha value is -0.0800. The first-order valence-electron chi connectivity index (χ1n) is 7.20. The van der Waals surface area contributed by atoms with E-state index in [0.717, 1.165) is 6.04 Å². The molecular formula is C14H28N2. The van der Waals surface area contributed by atoms with E-state index in [2.05, 4.69) is 24.1 Å². The Kier molecular flexibility index (Phi) is 4.26. The third-order valence-corrected chi connectivity index (χ3v) is 4.63. The number of nitrogens with one attached hydrogen (secondary N) is 1. The van der Waals surface area contributed by atoms with Crippen LogP contribution in [0.1, 0.15) is 52.4 Å². The fraction of sp³-hybridized carbons (Fsp3) is 1.00. The molecule has 0 amide bonds. The molecule has 0 saturated carbocycles. The van der Waals surface area contributed by atoms with E-state index in [4.69, 9.17) is 0 Å². The maximum absolute atomic E-state index is 3.59. The van der Waals surface area contributed by atoms with Crippen LogP contribution < -0.4 is 5.32 Å². The second kappa shape index (κ2) is 5.50. The Morgan fingerprint density at radius 2 is 2.25 bits per heavy atom. The summed E-state index contributed by atoms with van der Waals surface area (Å²) in [6, 6.07) is 0.807. The highest BCUT2D eigenvalue weighted by Crippen LogP contribution is 2.37. The molecule has 0 aromatic rings. The van der Waals surface area contributed by atoms with E-state index in [1.165, 1.54) is 64.7 Å². The van der Waals surface area contributed by atoms with Gasteiger partial charge < -0.3 is 10.2 Å². The summed E-state index contributed by atoms with van der Waals surface area (Å²) in [6.07, 6.45) is 8.39. The quantitative estimate of drug-likeness (QED) is 0.790. The standard InChI is InChI=1S/C14H28N2/c1-3-4-6-13(2)16-10-8-14(12-16)7-5-9-15-11-14/h13,15H,3-12H2,1-2H3. The molecule has 2 saturated heterocycles. The van der Waals surface area contributed by atoms with Crippen LogP contribution in [0.2, 0.25) is 0 Å². The maximum atomic E-state index is 3.59. The number of hydrogen-bond donors (Lipinski definition) is 1. The molecule has 0 aromatic carbocycles. The smallest absolute Gasteiger partial charge is 0.00671 e. The molecule has 94 valence electrons. The van der Waals surface area contributed by atoms with Crippen molar-refractivity contribution in [1.29, 1.82) is 0 Å². The Morgan fingerprint density at radius 3 is 2.94 bits per heavy atom. The van der Waals surface area contributed by atoms with Crippen LogP contribution in [0, 0.1) is 5.41 Å². The molecular weight excluding hydrogens is 196 g/mol. The molecule has 2 aliphatic rings. The van der Waals surface area contributed by atoms with Crippen molar-refractivity contribution >= 4 is 0 Å². The summed E-state index contributed by atoms with van der Waals surface area (Å²) < 4.78 is 0. The zero-order valence-electron chi connectivity index (χ0n) is 11.1. The highest BCUT2D eigenvalue weighted by atomic mass is 15.2. The largest absolute Gasteiger partial charge is 0.316 e. The van der Waals surface area contributed by atoms with Gasteiger partial charge in [0.1, 0.15) is 0 Å². The molecule has 2 nitrogen and oxygen atoms in total. The lowest BCUT2D eigenvalue weighted by Crippen LogP contribution is -2.43. The number of hydrogen-bond acceptors (Lipinski definition) is 2. The topological polar surface area (TPSA) is 15.3 Å². The predicted molar refractivity (Wildman–Crippen MR) is 69.7 cm³/mol. The first kappa shape index (κ1) is 12.4. The van der Waals surface area contributed by atoms with Crippen LogP contribution in [0.3, 0.4) is 0 Å². The van der Waals surface area contributed by atoms with Crippen LogP contribution in [-0.4, -0.2) is 37.1 Å². The molecule has 2 unspecified atom stereocenters. The second-order valence-corrected chi connectivity index (χ2v) is 5.99. The Bertz CT molecular complexity index is 209. The van der Waals surface area contributed by atoms with Crippen molar-refractivity contribution in [2.75, 3.05) is 26.2 Å². The number of nitrogens with zero attached hydrogens (tertiary/aromatic N) is 1. The lowest BCUT2D eigenvalue weighted by molar-refractivity contribution is 0.174. The average molecular weight is 224 g/mol. The number of unbranched alkanes of at least 4 members (excludes halogenated alkanes) is 1. The summed E-state index contributed by atoms with van der Waals surface area (Å²) in [5.41, 5.74) is 0.638. The minimum absolute atomic E-state index is 0.638. The fourth-order valence-corrected chi connectivity index (χ4v) is 3.41. The Morgan fingerprint density at radius 1 is 1.38 bits per heavy atom. The van der Waals surface area contributed by atoms with Crippen molar-refractivity contribution in [3.05, 3.63) is 0 Å². The van der Waals surface area contributed by atoms with Gasteiger partial charge in [-0.25, -0.2) is 0 Å². The molecule has 1 spiro atoms. The predicted octanol–water partition coefficient (Wildman–Crippen LogP) is 2.64. The van der Waals surface area contributed by atoms with Gasteiger partial charge in [0.15, 0.2) is 0 Å². The van der Waals surface area contributed by atoms with Crippen molar-refractivity contribution in [2.24, 2.45) is 5.41 Å². The normalized spacial score (nSPS) is 33.4. The Labute approximate surface area is 101 Å². The summed E-state index contributed by atoms with van der Waals surface area (Å²) in [7, 11) is 0. The molecule has 2 heteroatoms. The highest BCUT2D eigenvalue weighted by molar-refractivity contribution is 4.95. The zero-order valence-corrected chi connectivity index (χ0v) is 11.1. The fourth-order valence-electron chi connectivity index (χ4n) is 3.41. The van der Waals surface area contributed by atoms with Gasteiger partial charge >= 0.3 is 0 Å². The van der Waals surface area contributed by atoms with Gasteiger partial charge in [0.25, 0.3) is 0 Å². The first-order chi connectivity index (χ1) is 7.76. The van der Waals surface area contributed by atoms with Gasteiger partial charge in [0.2, 0.25) is 0 Å². The summed E-state index contributed by atoms with van der Waals surface area (Å²) in [5, 5.41) is 3.59. The van der Waals surface area contributed by atoms with Gasteiger partial charge in [-0.3, -0.25) is 0 Å². The van der Waals surface area contributed by atoms with Gasteiger partial charge in [0, 0.05) is 19.1 Å². The second-order valence-electron chi connectivity index (χ2n) is 5.99. The molecule has 2 fully saturated rings. The lowest BCUT2D eigenvalue weighted by Gasteiger charge is -2.35. The van der Waals surface area contributed by atoms with E-state index in [9.17, 15) is 0 Å². The van der Waals surface area contributed by atoms with Gasteiger partial charge in [-0.2, -0.15) is 0 Å². The third-order valence-electron chi connectivity index (χ3n) is 4.63. The molecule has 2 atom stereocenters. The van der Waals surface area contributed by atoms with E-state index < -0.39 is 0 Å². The van der Waals surface area contributed by atoms with Crippen molar-refractivity contribution in [3.63, 3.8) is 0 Å². The highest BCUT2D eigenvalue weighted by Gasteiger charge is 2.39. The number of rotatable bonds is 4. The van der Waals surface area contributed by atoms with E-state index in [-0.39, 0.29) is 0 Å². The molecule has 0 aromatic heterocycles. The maximum Gasteiger partial charge on any atom is 0.00671 e. The molecule has 0 bridgehead atoms. The van der Waals surface area contributed by atoms with Gasteiger partial charge in [-0.05, 0) is 51.1 Å². The molecule has 2 aliphatic heterocycles. The van der Waals surface area contributed by atoms with Gasteiger partial charge in [-0.1, -0.05) is 19.8 Å². The number of likely N-dealkylation sites (tertiary alicyclic amines) is 1. The van der Waals surface area contributed by atoms with Crippen molar-refractivity contribution in [3.8, 4) is 0 Å². The van der Waals surface area contributed by atoms with Crippen LogP contribution in [0.15, 0.2) is 0 Å². The summed E-state index contributed by atoms with van der Waals surface area (Å²) in [4.78, 5) is 2.74. The minimum Gasteiger partial charge on any atom is -0.316 e. The summed E-state index contributed by atoms with van der Waals surface area (Å²) in [6.45, 7) is 9.92. The third kappa shape index (κ3) is 2.78. The molecule has 2 rings (SSSR count). The van der Waals surface area contributed by atoms with Crippen molar-refractivity contribution in [1.82, 2.24) is 10.2 Å². The van der Waals surface area contributed by atoms with E-state index in [0.29, 0.717) is 5.41 Å². The van der Waals surface area contributed by atoms with Crippen LogP contribution in [-0.2, 0) is 0 Å². The first-order valence-corrected chi connectivity index (χ1v) is 7.20. The van der Waals surface area contributed by atoms with E-state index >= 15 is 0 Å².